The molecule has 0 fully saturated rings. The Morgan fingerprint density at radius 3 is 1.93 bits per heavy atom. The number of hydrogen-bond donors (Lipinski definition) is 1. The van der Waals surface area contributed by atoms with Crippen molar-refractivity contribution in [3.05, 3.63) is 138 Å². The van der Waals surface area contributed by atoms with Crippen LogP contribution in [0.1, 0.15) is 41.5 Å². The molecule has 0 unspecified atom stereocenters. The molecule has 224 valence electrons. The van der Waals surface area contributed by atoms with E-state index < -0.39 is 27.9 Å². The lowest BCUT2D eigenvalue weighted by Crippen LogP contribution is -2.48. The van der Waals surface area contributed by atoms with Gasteiger partial charge < -0.3 is 10.5 Å². The summed E-state index contributed by atoms with van der Waals surface area (Å²) in [6, 6.07) is 34.0. The number of ether oxygens (including phenoxy) is 1. The molecule has 0 radical (unpaired) electrons. The van der Waals surface area contributed by atoms with E-state index in [0.717, 1.165) is 35.3 Å². The normalized spacial score (nSPS) is 11.9. The van der Waals surface area contributed by atoms with Crippen LogP contribution in [0.15, 0.2) is 115 Å². The molecule has 4 rings (SSSR count). The van der Waals surface area contributed by atoms with Crippen molar-refractivity contribution in [3.63, 3.8) is 0 Å². The predicted molar refractivity (Wildman–Crippen MR) is 170 cm³/mol. The summed E-state index contributed by atoms with van der Waals surface area (Å²) < 4.78 is 31.4. The number of anilines is 1. The van der Waals surface area contributed by atoms with Crippen molar-refractivity contribution in [2.24, 2.45) is 5.73 Å². The van der Waals surface area contributed by atoms with E-state index in [4.69, 9.17) is 10.5 Å². The van der Waals surface area contributed by atoms with E-state index in [-0.39, 0.29) is 30.2 Å². The van der Waals surface area contributed by atoms with Crippen LogP contribution in [-0.2, 0) is 44.6 Å². The second-order valence-corrected chi connectivity index (χ2v) is 12.8. The largest absolute Gasteiger partial charge is 0.444 e. The van der Waals surface area contributed by atoms with Gasteiger partial charge in [-0.2, -0.15) is 0 Å². The molecule has 0 spiro atoms. The van der Waals surface area contributed by atoms with E-state index >= 15 is 0 Å². The van der Waals surface area contributed by atoms with E-state index in [1.165, 1.54) is 5.56 Å². The molecule has 0 bridgehead atoms. The van der Waals surface area contributed by atoms with Gasteiger partial charge in [0.1, 0.15) is 6.61 Å². The zero-order valence-corrected chi connectivity index (χ0v) is 25.0. The standard InChI is InChI=1S/C35H38N2O5S/c36-33(25-29-17-7-2-8-18-29)34(38)37(35(39)42-26-30-19-9-3-10-20-30)32-22-13-21-31(24-32)27-43(40,41)23-12-4-11-16-28-14-5-1-6-15-28/h1-3,5-10,13-15,17-22,24,33H,4,11-12,16,23,25-27,36H2/t33-/m0/s1. The number of nitrogens with two attached hydrogens (primary N) is 1. The number of amides is 2. The van der Waals surface area contributed by atoms with Gasteiger partial charge in [-0.3, -0.25) is 4.79 Å². The van der Waals surface area contributed by atoms with Crippen molar-refractivity contribution < 1.29 is 22.7 Å². The Labute approximate surface area is 254 Å². The minimum atomic E-state index is -3.41. The predicted octanol–water partition coefficient (Wildman–Crippen LogP) is 6.25. The van der Waals surface area contributed by atoms with Gasteiger partial charge in [-0.05, 0) is 60.1 Å². The van der Waals surface area contributed by atoms with Gasteiger partial charge in [-0.1, -0.05) is 110 Å². The molecule has 43 heavy (non-hydrogen) atoms. The topological polar surface area (TPSA) is 107 Å². The Balaban J connectivity index is 1.44. The summed E-state index contributed by atoms with van der Waals surface area (Å²) in [6.45, 7) is -0.0320. The first-order valence-corrected chi connectivity index (χ1v) is 16.3. The summed E-state index contributed by atoms with van der Waals surface area (Å²) in [6.07, 6.45) is 2.55. The number of imide groups is 1. The molecule has 0 aliphatic carbocycles. The van der Waals surface area contributed by atoms with Gasteiger partial charge in [0.15, 0.2) is 9.84 Å². The molecule has 0 saturated carbocycles. The maximum absolute atomic E-state index is 13.6. The summed E-state index contributed by atoms with van der Waals surface area (Å²) in [4.78, 5) is 27.8. The van der Waals surface area contributed by atoms with Gasteiger partial charge >= 0.3 is 6.09 Å². The van der Waals surface area contributed by atoms with Crippen LogP contribution in [0.25, 0.3) is 0 Å². The molecule has 8 heteroatoms. The molecule has 0 aliphatic heterocycles. The highest BCUT2D eigenvalue weighted by Crippen LogP contribution is 2.22. The SMILES string of the molecule is N[C@@H](Cc1ccccc1)C(=O)N(C(=O)OCc1ccccc1)c1cccc(CS(=O)(=O)CCCCCc2ccccc2)c1. The number of rotatable bonds is 14. The lowest BCUT2D eigenvalue weighted by atomic mass is 10.1. The number of aryl methyl sites for hydroxylation is 1. The van der Waals surface area contributed by atoms with Crippen molar-refractivity contribution in [1.29, 1.82) is 0 Å². The van der Waals surface area contributed by atoms with Crippen molar-refractivity contribution in [2.45, 2.75) is 50.5 Å². The Kier molecular flexibility index (Phi) is 11.6. The number of sulfone groups is 1. The van der Waals surface area contributed by atoms with Crippen LogP contribution >= 0.6 is 0 Å². The van der Waals surface area contributed by atoms with Crippen LogP contribution in [0, 0.1) is 0 Å². The van der Waals surface area contributed by atoms with Crippen LogP contribution in [0.4, 0.5) is 10.5 Å². The number of carbonyl (C=O) groups is 2. The average molecular weight is 599 g/mol. The minimum Gasteiger partial charge on any atom is -0.444 e. The third kappa shape index (κ3) is 10.2. The van der Waals surface area contributed by atoms with Crippen molar-refractivity contribution in [3.8, 4) is 0 Å². The number of benzene rings is 4. The molecular weight excluding hydrogens is 560 g/mol. The molecule has 0 aliphatic rings. The molecule has 1 atom stereocenters. The smallest absolute Gasteiger partial charge is 0.421 e. The zero-order chi connectivity index (χ0) is 30.5. The Morgan fingerprint density at radius 1 is 0.698 bits per heavy atom. The van der Waals surface area contributed by atoms with Crippen LogP contribution in [-0.4, -0.2) is 32.2 Å². The lowest BCUT2D eigenvalue weighted by Gasteiger charge is -2.24. The van der Waals surface area contributed by atoms with Crippen LogP contribution < -0.4 is 10.6 Å². The van der Waals surface area contributed by atoms with Gasteiger partial charge in [0.2, 0.25) is 0 Å². The quantitative estimate of drug-likeness (QED) is 0.172. The summed E-state index contributed by atoms with van der Waals surface area (Å²) in [7, 11) is -3.41. The summed E-state index contributed by atoms with van der Waals surface area (Å²) in [5.74, 6) is -0.771. The Hall–Kier alpha value is -4.27. The molecule has 0 aromatic heterocycles. The molecular formula is C35H38N2O5S. The zero-order valence-electron chi connectivity index (χ0n) is 24.2. The van der Waals surface area contributed by atoms with Crippen LogP contribution in [0.3, 0.4) is 0 Å². The van der Waals surface area contributed by atoms with E-state index in [1.807, 2.05) is 78.9 Å². The maximum Gasteiger partial charge on any atom is 0.421 e. The maximum atomic E-state index is 13.6. The highest BCUT2D eigenvalue weighted by molar-refractivity contribution is 7.90. The van der Waals surface area contributed by atoms with Gasteiger partial charge in [0, 0.05) is 0 Å². The Bertz CT molecular complexity index is 1560. The van der Waals surface area contributed by atoms with Gasteiger partial charge in [0.25, 0.3) is 5.91 Å². The van der Waals surface area contributed by atoms with Crippen molar-refractivity contribution in [1.82, 2.24) is 0 Å². The highest BCUT2D eigenvalue weighted by Gasteiger charge is 2.30. The van der Waals surface area contributed by atoms with Crippen molar-refractivity contribution in [2.75, 3.05) is 10.7 Å². The number of unbranched alkanes of at least 4 members (excludes halogenated alkanes) is 2. The second-order valence-electron chi connectivity index (χ2n) is 10.6. The van der Waals surface area contributed by atoms with Crippen LogP contribution in [0.5, 0.6) is 0 Å². The molecule has 2 N–H and O–H groups in total. The third-order valence-corrected chi connectivity index (χ3v) is 8.73. The fourth-order valence-corrected chi connectivity index (χ4v) is 6.29. The first-order valence-electron chi connectivity index (χ1n) is 14.5. The highest BCUT2D eigenvalue weighted by atomic mass is 32.2. The van der Waals surface area contributed by atoms with Crippen molar-refractivity contribution >= 4 is 27.5 Å². The summed E-state index contributed by atoms with van der Waals surface area (Å²) in [5.41, 5.74) is 9.84. The lowest BCUT2D eigenvalue weighted by molar-refractivity contribution is -0.119. The molecule has 4 aromatic carbocycles. The molecule has 2 amide bonds. The van der Waals surface area contributed by atoms with E-state index in [1.54, 1.807) is 24.3 Å². The number of hydrogen-bond acceptors (Lipinski definition) is 6. The van der Waals surface area contributed by atoms with E-state index in [2.05, 4.69) is 12.1 Å². The monoisotopic (exact) mass is 598 g/mol. The number of carbonyl (C=O) groups excluding carboxylic acids is 2. The Morgan fingerprint density at radius 2 is 1.28 bits per heavy atom. The second kappa shape index (κ2) is 15.8. The minimum absolute atomic E-state index is 0.0320. The van der Waals surface area contributed by atoms with E-state index in [0.29, 0.717) is 12.0 Å². The van der Waals surface area contributed by atoms with Gasteiger partial charge in [0.05, 0.1) is 23.2 Å². The van der Waals surface area contributed by atoms with Gasteiger partial charge in [-0.25, -0.2) is 18.1 Å². The molecule has 0 heterocycles. The molecule has 4 aromatic rings. The summed E-state index contributed by atoms with van der Waals surface area (Å²) >= 11 is 0. The fourth-order valence-electron chi connectivity index (χ4n) is 4.81. The molecule has 7 nitrogen and oxygen atoms in total. The first kappa shape index (κ1) is 31.7. The summed E-state index contributed by atoms with van der Waals surface area (Å²) in [5, 5.41) is 0. The fraction of sp³-hybridized carbons (Fsp3) is 0.257. The average Bonchev–Trinajstić information content (AvgIpc) is 3.01. The van der Waals surface area contributed by atoms with Gasteiger partial charge in [-0.15, -0.1) is 0 Å². The first-order chi connectivity index (χ1) is 20.8. The molecule has 0 saturated heterocycles. The third-order valence-electron chi connectivity index (χ3n) is 7.04. The van der Waals surface area contributed by atoms with Crippen LogP contribution in [0.2, 0.25) is 0 Å². The van der Waals surface area contributed by atoms with E-state index in [9.17, 15) is 18.0 Å². The number of nitrogens with zero attached hydrogens (tertiary/aromatic N) is 1.